The third kappa shape index (κ3) is 3.17. The van der Waals surface area contributed by atoms with Gasteiger partial charge in [0.1, 0.15) is 5.82 Å². The Morgan fingerprint density at radius 1 is 1.24 bits per heavy atom. The average Bonchev–Trinajstić information content (AvgIpc) is 2.32. The minimum Gasteiger partial charge on any atom is -0.384 e. The van der Waals surface area contributed by atoms with Crippen LogP contribution in [0.5, 0.6) is 0 Å². The topological polar surface area (TPSA) is 55.0 Å². The summed E-state index contributed by atoms with van der Waals surface area (Å²) in [5.74, 6) is 1.12. The summed E-state index contributed by atoms with van der Waals surface area (Å²) >= 11 is 3.41. The summed E-state index contributed by atoms with van der Waals surface area (Å²) in [5, 5.41) is 0. The summed E-state index contributed by atoms with van der Waals surface area (Å²) in [6.45, 7) is 0.747. The van der Waals surface area contributed by atoms with Crippen LogP contribution >= 0.6 is 15.9 Å². The van der Waals surface area contributed by atoms with E-state index in [1.807, 2.05) is 24.1 Å². The van der Waals surface area contributed by atoms with E-state index in [4.69, 9.17) is 5.73 Å². The fourth-order valence-corrected chi connectivity index (χ4v) is 1.74. The smallest absolute Gasteiger partial charge is 0.227 e. The Labute approximate surface area is 109 Å². The standard InChI is InChI=1S/C12H13BrN4/c1-17(12-15-7-6-11(14)16-12)8-9-2-4-10(13)5-3-9/h2-7H,8H2,1H3,(H2,14,15,16). The van der Waals surface area contributed by atoms with Crippen LogP contribution in [0.25, 0.3) is 0 Å². The molecule has 0 amide bonds. The minimum atomic E-state index is 0.484. The third-order valence-electron chi connectivity index (χ3n) is 2.34. The molecule has 0 bridgehead atoms. The second-order valence-corrected chi connectivity index (χ2v) is 4.68. The van der Waals surface area contributed by atoms with Gasteiger partial charge in [-0.15, -0.1) is 0 Å². The predicted octanol–water partition coefficient (Wildman–Crippen LogP) is 2.46. The highest BCUT2D eigenvalue weighted by molar-refractivity contribution is 9.10. The molecule has 4 nitrogen and oxygen atoms in total. The molecule has 0 unspecified atom stereocenters. The summed E-state index contributed by atoms with van der Waals surface area (Å²) in [6.07, 6.45) is 1.66. The summed E-state index contributed by atoms with van der Waals surface area (Å²) in [4.78, 5) is 10.3. The van der Waals surface area contributed by atoms with Crippen molar-refractivity contribution in [2.75, 3.05) is 17.7 Å². The van der Waals surface area contributed by atoms with E-state index in [1.165, 1.54) is 5.56 Å². The molecule has 0 aliphatic carbocycles. The van der Waals surface area contributed by atoms with Crippen molar-refractivity contribution in [1.82, 2.24) is 9.97 Å². The summed E-state index contributed by atoms with van der Waals surface area (Å²) in [7, 11) is 1.94. The molecule has 5 heteroatoms. The van der Waals surface area contributed by atoms with E-state index < -0.39 is 0 Å². The maximum atomic E-state index is 5.63. The molecule has 1 aromatic carbocycles. The zero-order valence-electron chi connectivity index (χ0n) is 9.47. The summed E-state index contributed by atoms with van der Waals surface area (Å²) in [5.41, 5.74) is 6.82. The molecule has 0 fully saturated rings. The molecule has 0 spiro atoms. The summed E-state index contributed by atoms with van der Waals surface area (Å²) < 4.78 is 1.07. The van der Waals surface area contributed by atoms with Crippen LogP contribution in [0.3, 0.4) is 0 Å². The molecule has 1 aromatic heterocycles. The van der Waals surface area contributed by atoms with Crippen molar-refractivity contribution < 1.29 is 0 Å². The van der Waals surface area contributed by atoms with Crippen LogP contribution in [0.2, 0.25) is 0 Å². The van der Waals surface area contributed by atoms with Crippen LogP contribution in [-0.4, -0.2) is 17.0 Å². The Morgan fingerprint density at radius 3 is 2.59 bits per heavy atom. The number of hydrogen-bond acceptors (Lipinski definition) is 4. The Morgan fingerprint density at radius 2 is 1.94 bits per heavy atom. The molecule has 0 aliphatic heterocycles. The molecule has 0 aliphatic rings. The molecule has 2 rings (SSSR count). The Balaban J connectivity index is 2.11. The van der Waals surface area contributed by atoms with E-state index in [1.54, 1.807) is 12.3 Å². The number of nitrogen functional groups attached to an aromatic ring is 1. The van der Waals surface area contributed by atoms with Crippen LogP contribution in [0, 0.1) is 0 Å². The van der Waals surface area contributed by atoms with Crippen molar-refractivity contribution in [2.24, 2.45) is 0 Å². The van der Waals surface area contributed by atoms with Gasteiger partial charge < -0.3 is 10.6 Å². The highest BCUT2D eigenvalue weighted by atomic mass is 79.9. The van der Waals surface area contributed by atoms with Gasteiger partial charge >= 0.3 is 0 Å². The normalized spacial score (nSPS) is 10.2. The molecule has 0 saturated carbocycles. The number of hydrogen-bond donors (Lipinski definition) is 1. The lowest BCUT2D eigenvalue weighted by atomic mass is 10.2. The number of halogens is 1. The lowest BCUT2D eigenvalue weighted by molar-refractivity contribution is 0.868. The van der Waals surface area contributed by atoms with Crippen LogP contribution in [0.1, 0.15) is 5.56 Å². The molecule has 2 aromatic rings. The van der Waals surface area contributed by atoms with Gasteiger partial charge in [-0.25, -0.2) is 4.98 Å². The van der Waals surface area contributed by atoms with E-state index in [2.05, 4.69) is 38.0 Å². The highest BCUT2D eigenvalue weighted by Crippen LogP contribution is 2.14. The molecule has 2 N–H and O–H groups in total. The third-order valence-corrected chi connectivity index (χ3v) is 2.87. The van der Waals surface area contributed by atoms with E-state index in [-0.39, 0.29) is 0 Å². The fourth-order valence-electron chi connectivity index (χ4n) is 1.48. The number of benzene rings is 1. The van der Waals surface area contributed by atoms with Crippen molar-refractivity contribution in [3.05, 3.63) is 46.6 Å². The first kappa shape index (κ1) is 11.9. The maximum absolute atomic E-state index is 5.63. The van der Waals surface area contributed by atoms with Crippen molar-refractivity contribution in [2.45, 2.75) is 6.54 Å². The van der Waals surface area contributed by atoms with Gasteiger partial charge in [0.2, 0.25) is 5.95 Å². The number of aromatic nitrogens is 2. The maximum Gasteiger partial charge on any atom is 0.227 e. The Hall–Kier alpha value is -1.62. The van der Waals surface area contributed by atoms with Gasteiger partial charge in [0.05, 0.1) is 0 Å². The van der Waals surface area contributed by atoms with E-state index in [0.717, 1.165) is 11.0 Å². The van der Waals surface area contributed by atoms with E-state index in [9.17, 15) is 0 Å². The summed E-state index contributed by atoms with van der Waals surface area (Å²) in [6, 6.07) is 9.84. The SMILES string of the molecule is CN(Cc1ccc(Br)cc1)c1nccc(N)n1. The molecule has 88 valence electrons. The lowest BCUT2D eigenvalue weighted by Crippen LogP contribution is -2.19. The van der Waals surface area contributed by atoms with Gasteiger partial charge in [-0.05, 0) is 23.8 Å². The van der Waals surface area contributed by atoms with Gasteiger partial charge in [0, 0.05) is 24.3 Å². The van der Waals surface area contributed by atoms with Crippen molar-refractivity contribution >= 4 is 27.7 Å². The number of nitrogens with two attached hydrogens (primary N) is 1. The minimum absolute atomic E-state index is 0.484. The van der Waals surface area contributed by atoms with Gasteiger partial charge in [-0.1, -0.05) is 28.1 Å². The monoisotopic (exact) mass is 292 g/mol. The molecular weight excluding hydrogens is 280 g/mol. The van der Waals surface area contributed by atoms with Crippen LogP contribution < -0.4 is 10.6 Å². The van der Waals surface area contributed by atoms with Crippen molar-refractivity contribution in [3.63, 3.8) is 0 Å². The first-order valence-corrected chi connectivity index (χ1v) is 5.98. The number of anilines is 2. The van der Waals surface area contributed by atoms with Gasteiger partial charge in [-0.3, -0.25) is 0 Å². The molecule has 1 heterocycles. The quantitative estimate of drug-likeness (QED) is 0.944. The van der Waals surface area contributed by atoms with Gasteiger partial charge in [-0.2, -0.15) is 4.98 Å². The predicted molar refractivity (Wildman–Crippen MR) is 72.7 cm³/mol. The van der Waals surface area contributed by atoms with E-state index in [0.29, 0.717) is 11.8 Å². The fraction of sp³-hybridized carbons (Fsp3) is 0.167. The van der Waals surface area contributed by atoms with E-state index >= 15 is 0 Å². The Kier molecular flexibility index (Phi) is 3.58. The van der Waals surface area contributed by atoms with Gasteiger partial charge in [0.15, 0.2) is 0 Å². The number of nitrogens with zero attached hydrogens (tertiary/aromatic N) is 3. The van der Waals surface area contributed by atoms with Gasteiger partial charge in [0.25, 0.3) is 0 Å². The van der Waals surface area contributed by atoms with Crippen molar-refractivity contribution in [1.29, 1.82) is 0 Å². The van der Waals surface area contributed by atoms with Crippen LogP contribution in [0.15, 0.2) is 41.0 Å². The average molecular weight is 293 g/mol. The second kappa shape index (κ2) is 5.14. The van der Waals surface area contributed by atoms with Crippen molar-refractivity contribution in [3.8, 4) is 0 Å². The largest absolute Gasteiger partial charge is 0.384 e. The van der Waals surface area contributed by atoms with Crippen LogP contribution in [0.4, 0.5) is 11.8 Å². The number of rotatable bonds is 3. The zero-order chi connectivity index (χ0) is 12.3. The highest BCUT2D eigenvalue weighted by Gasteiger charge is 2.05. The molecule has 0 atom stereocenters. The first-order chi connectivity index (χ1) is 8.15. The second-order valence-electron chi connectivity index (χ2n) is 3.76. The lowest BCUT2D eigenvalue weighted by Gasteiger charge is -2.17. The molecule has 0 radical (unpaired) electrons. The Bertz CT molecular complexity index is 498. The zero-order valence-corrected chi connectivity index (χ0v) is 11.1. The first-order valence-electron chi connectivity index (χ1n) is 5.19. The van der Waals surface area contributed by atoms with Crippen LogP contribution in [-0.2, 0) is 6.54 Å². The molecular formula is C12H13BrN4. The molecule has 0 saturated heterocycles. The molecule has 17 heavy (non-hydrogen) atoms.